The van der Waals surface area contributed by atoms with Crippen LogP contribution >= 0.6 is 11.6 Å². The molecule has 2 rings (SSSR count). The SMILES string of the molecule is COc1cc(C=O)cc(Cl)c1OCc1c(C)noc1C. The third-order valence-corrected chi connectivity index (χ3v) is 3.21. The Balaban J connectivity index is 2.27. The van der Waals surface area contributed by atoms with Crippen LogP contribution in [-0.4, -0.2) is 18.6 Å². The number of halogens is 1. The number of nitrogens with zero attached hydrogens (tertiary/aromatic N) is 1. The molecule has 0 bridgehead atoms. The highest BCUT2D eigenvalue weighted by atomic mass is 35.5. The molecule has 0 radical (unpaired) electrons. The Morgan fingerprint density at radius 3 is 2.70 bits per heavy atom. The third-order valence-electron chi connectivity index (χ3n) is 2.93. The van der Waals surface area contributed by atoms with E-state index in [1.165, 1.54) is 13.2 Å². The zero-order valence-electron chi connectivity index (χ0n) is 11.4. The molecule has 2 aromatic rings. The molecule has 5 nitrogen and oxygen atoms in total. The van der Waals surface area contributed by atoms with E-state index in [-0.39, 0.29) is 6.61 Å². The van der Waals surface area contributed by atoms with Crippen molar-refractivity contribution in [2.45, 2.75) is 20.5 Å². The lowest BCUT2D eigenvalue weighted by atomic mass is 10.2. The maximum atomic E-state index is 10.8. The topological polar surface area (TPSA) is 61.6 Å². The number of aromatic nitrogens is 1. The van der Waals surface area contributed by atoms with Crippen molar-refractivity contribution in [3.63, 3.8) is 0 Å². The van der Waals surface area contributed by atoms with Gasteiger partial charge in [-0.3, -0.25) is 4.79 Å². The average Bonchev–Trinajstić information content (AvgIpc) is 2.76. The molecule has 1 heterocycles. The van der Waals surface area contributed by atoms with Crippen molar-refractivity contribution in [1.82, 2.24) is 5.16 Å². The number of aryl methyl sites for hydroxylation is 2. The lowest BCUT2D eigenvalue weighted by molar-refractivity contribution is 0.112. The van der Waals surface area contributed by atoms with Crippen molar-refractivity contribution in [3.8, 4) is 11.5 Å². The summed E-state index contributed by atoms with van der Waals surface area (Å²) in [4.78, 5) is 10.8. The third kappa shape index (κ3) is 2.77. The summed E-state index contributed by atoms with van der Waals surface area (Å²) < 4.78 is 15.9. The number of hydrogen-bond donors (Lipinski definition) is 0. The normalized spacial score (nSPS) is 10.4. The van der Waals surface area contributed by atoms with Gasteiger partial charge in [0, 0.05) is 5.56 Å². The zero-order chi connectivity index (χ0) is 14.7. The van der Waals surface area contributed by atoms with Gasteiger partial charge in [-0.05, 0) is 26.0 Å². The monoisotopic (exact) mass is 295 g/mol. The van der Waals surface area contributed by atoms with Crippen molar-refractivity contribution < 1.29 is 18.8 Å². The van der Waals surface area contributed by atoms with Gasteiger partial charge in [0.25, 0.3) is 0 Å². The van der Waals surface area contributed by atoms with Crippen LogP contribution in [0, 0.1) is 13.8 Å². The predicted octanol–water partition coefficient (Wildman–Crippen LogP) is 3.34. The Hall–Kier alpha value is -2.01. The Morgan fingerprint density at radius 2 is 2.15 bits per heavy atom. The van der Waals surface area contributed by atoms with E-state index in [0.29, 0.717) is 34.1 Å². The van der Waals surface area contributed by atoms with E-state index in [2.05, 4.69) is 5.16 Å². The van der Waals surface area contributed by atoms with E-state index >= 15 is 0 Å². The van der Waals surface area contributed by atoms with Crippen LogP contribution < -0.4 is 9.47 Å². The molecule has 0 aliphatic carbocycles. The van der Waals surface area contributed by atoms with Gasteiger partial charge < -0.3 is 14.0 Å². The van der Waals surface area contributed by atoms with Crippen LogP contribution in [0.5, 0.6) is 11.5 Å². The van der Waals surface area contributed by atoms with Crippen LogP contribution in [0.15, 0.2) is 16.7 Å². The van der Waals surface area contributed by atoms with Crippen molar-refractivity contribution in [3.05, 3.63) is 39.7 Å². The number of carbonyl (C=O) groups is 1. The van der Waals surface area contributed by atoms with E-state index in [1.807, 2.05) is 13.8 Å². The molecule has 0 spiro atoms. The van der Waals surface area contributed by atoms with Crippen molar-refractivity contribution in [2.75, 3.05) is 7.11 Å². The molecular weight excluding hydrogens is 282 g/mol. The number of methoxy groups -OCH3 is 1. The maximum absolute atomic E-state index is 10.8. The summed E-state index contributed by atoms with van der Waals surface area (Å²) in [5.41, 5.74) is 2.06. The van der Waals surface area contributed by atoms with Gasteiger partial charge in [-0.1, -0.05) is 16.8 Å². The van der Waals surface area contributed by atoms with Crippen molar-refractivity contribution >= 4 is 17.9 Å². The summed E-state index contributed by atoms with van der Waals surface area (Å²) in [7, 11) is 1.49. The number of benzene rings is 1. The summed E-state index contributed by atoms with van der Waals surface area (Å²) >= 11 is 6.11. The first-order valence-corrected chi connectivity index (χ1v) is 6.32. The summed E-state index contributed by atoms with van der Waals surface area (Å²) in [6, 6.07) is 3.10. The van der Waals surface area contributed by atoms with E-state index in [4.69, 9.17) is 25.6 Å². The van der Waals surface area contributed by atoms with Crippen molar-refractivity contribution in [2.24, 2.45) is 0 Å². The van der Waals surface area contributed by atoms with Crippen LogP contribution in [0.3, 0.4) is 0 Å². The van der Waals surface area contributed by atoms with Gasteiger partial charge in [-0.15, -0.1) is 0 Å². The second kappa shape index (κ2) is 5.96. The molecular formula is C14H14ClNO4. The van der Waals surface area contributed by atoms with Crippen LogP contribution in [0.25, 0.3) is 0 Å². The highest BCUT2D eigenvalue weighted by Gasteiger charge is 2.15. The number of aldehydes is 1. The molecule has 0 aliphatic rings. The fraction of sp³-hybridized carbons (Fsp3) is 0.286. The van der Waals surface area contributed by atoms with E-state index in [9.17, 15) is 4.79 Å². The number of rotatable bonds is 5. The fourth-order valence-corrected chi connectivity index (χ4v) is 2.07. The molecule has 0 fully saturated rings. The first-order chi connectivity index (χ1) is 9.56. The number of carbonyl (C=O) groups excluding carboxylic acids is 1. The summed E-state index contributed by atoms with van der Waals surface area (Å²) in [6.45, 7) is 3.91. The summed E-state index contributed by atoms with van der Waals surface area (Å²) in [5, 5.41) is 4.17. The van der Waals surface area contributed by atoms with Gasteiger partial charge in [0.2, 0.25) is 0 Å². The van der Waals surface area contributed by atoms with Gasteiger partial charge in [0.1, 0.15) is 18.7 Å². The standard InChI is InChI=1S/C14H14ClNO4/c1-8-11(9(2)20-16-8)7-19-14-12(15)4-10(6-17)5-13(14)18-3/h4-6H,7H2,1-3H3. The molecule has 0 atom stereocenters. The van der Waals surface area contributed by atoms with Crippen LogP contribution in [0.2, 0.25) is 5.02 Å². The van der Waals surface area contributed by atoms with Gasteiger partial charge in [0.05, 0.1) is 23.4 Å². The van der Waals surface area contributed by atoms with Crippen LogP contribution in [0.1, 0.15) is 27.4 Å². The van der Waals surface area contributed by atoms with Crippen molar-refractivity contribution in [1.29, 1.82) is 0 Å². The van der Waals surface area contributed by atoms with Gasteiger partial charge in [-0.2, -0.15) is 0 Å². The minimum Gasteiger partial charge on any atom is -0.493 e. The second-order valence-corrected chi connectivity index (χ2v) is 4.65. The number of hydrogen-bond acceptors (Lipinski definition) is 5. The largest absolute Gasteiger partial charge is 0.493 e. The van der Waals surface area contributed by atoms with Gasteiger partial charge in [-0.25, -0.2) is 0 Å². The molecule has 20 heavy (non-hydrogen) atoms. The lowest BCUT2D eigenvalue weighted by Gasteiger charge is -2.12. The minimum absolute atomic E-state index is 0.262. The Kier molecular flexibility index (Phi) is 4.29. The summed E-state index contributed by atoms with van der Waals surface area (Å²) in [6.07, 6.45) is 0.701. The molecule has 0 saturated heterocycles. The van der Waals surface area contributed by atoms with E-state index < -0.39 is 0 Å². The molecule has 0 amide bonds. The lowest BCUT2D eigenvalue weighted by Crippen LogP contribution is -2.01. The smallest absolute Gasteiger partial charge is 0.180 e. The molecule has 106 valence electrons. The van der Waals surface area contributed by atoms with E-state index in [1.54, 1.807) is 6.07 Å². The Bertz CT molecular complexity index is 617. The fourth-order valence-electron chi connectivity index (χ4n) is 1.80. The first kappa shape index (κ1) is 14.4. The van der Waals surface area contributed by atoms with E-state index in [0.717, 1.165) is 11.3 Å². The first-order valence-electron chi connectivity index (χ1n) is 5.94. The molecule has 1 aromatic heterocycles. The minimum atomic E-state index is 0.262. The Morgan fingerprint density at radius 1 is 1.40 bits per heavy atom. The second-order valence-electron chi connectivity index (χ2n) is 4.24. The molecule has 6 heteroatoms. The maximum Gasteiger partial charge on any atom is 0.180 e. The van der Waals surface area contributed by atoms with Gasteiger partial charge >= 0.3 is 0 Å². The quantitative estimate of drug-likeness (QED) is 0.792. The molecule has 0 aliphatic heterocycles. The molecule has 0 saturated carbocycles. The van der Waals surface area contributed by atoms with Crippen LogP contribution in [-0.2, 0) is 6.61 Å². The summed E-state index contributed by atoms with van der Waals surface area (Å²) in [5.74, 6) is 1.49. The Labute approximate surface area is 121 Å². The number of ether oxygens (including phenoxy) is 2. The molecule has 0 unspecified atom stereocenters. The highest BCUT2D eigenvalue weighted by molar-refractivity contribution is 6.32. The zero-order valence-corrected chi connectivity index (χ0v) is 12.2. The molecule has 1 aromatic carbocycles. The van der Waals surface area contributed by atoms with Crippen LogP contribution in [0.4, 0.5) is 0 Å². The average molecular weight is 296 g/mol. The highest BCUT2D eigenvalue weighted by Crippen LogP contribution is 2.36. The van der Waals surface area contributed by atoms with Gasteiger partial charge in [0.15, 0.2) is 11.5 Å². The predicted molar refractivity (Wildman–Crippen MR) is 73.7 cm³/mol. The molecule has 0 N–H and O–H groups in total.